The van der Waals surface area contributed by atoms with Crippen LogP contribution < -0.4 is 27.4 Å². The molecule has 14 unspecified atom stereocenters. The number of guanidine groups is 1. The third-order valence-corrected chi connectivity index (χ3v) is 13.7. The molecule has 5 amide bonds. The Bertz CT molecular complexity index is 2150. The Hall–Kier alpha value is -5.43. The molecule has 1 saturated carbocycles. The van der Waals surface area contributed by atoms with Crippen LogP contribution >= 0.6 is 0 Å². The van der Waals surface area contributed by atoms with Gasteiger partial charge in [-0.15, -0.1) is 0 Å². The number of nitrogens with zero attached hydrogens (tertiary/aromatic N) is 2. The van der Waals surface area contributed by atoms with Crippen molar-refractivity contribution in [1.29, 1.82) is 5.41 Å². The molecule has 14 atom stereocenters. The fourth-order valence-electron chi connectivity index (χ4n) is 9.63. The normalized spacial score (nSPS) is 30.1. The van der Waals surface area contributed by atoms with Gasteiger partial charge in [-0.25, -0.2) is 13.8 Å². The van der Waals surface area contributed by atoms with Crippen LogP contribution in [0.25, 0.3) is 0 Å². The number of fused-ring (bicyclic) bond motifs is 1. The standard InChI is InChI=1S/C43H68N8O20S/c1-7-10-27(52)68-31-25(19-63-5)67-39(33(32(31)70-41(46)58)69-28(53)11-8-2)66-23-16-24-35(54)43(17-23)34(49-42(59)71-43)30(37(56)47-14-12-22-13-15-50(18-22)40(44)45)51(24)38(57)29(21(4)9-3)48-36(55)26(64-6)20-65-72(60,61)62/h13,21,23-26,29-35,39,54H,7-12,14-20H2,1-6H3,(H3,44,45)(H2,46,58)(H,47,56)(H,48,55)(H,49,59)(H,60,61,62). The summed E-state index contributed by atoms with van der Waals surface area (Å²) in [5.41, 5.74) is 10.0. The maximum Gasteiger partial charge on any atom is 0.408 e. The molecular formula is C43H68N8O20S. The van der Waals surface area contributed by atoms with E-state index >= 15 is 4.79 Å². The van der Waals surface area contributed by atoms with Gasteiger partial charge in [0, 0.05) is 53.1 Å². The van der Waals surface area contributed by atoms with Crippen molar-refractivity contribution in [3.63, 3.8) is 0 Å². The van der Waals surface area contributed by atoms with Gasteiger partial charge in [0.05, 0.1) is 18.8 Å². The number of carbonyl (C=O) groups is 7. The number of esters is 2. The Kier molecular flexibility index (Phi) is 20.0. The lowest BCUT2D eigenvalue weighted by Gasteiger charge is -2.58. The van der Waals surface area contributed by atoms with Gasteiger partial charge in [-0.1, -0.05) is 45.8 Å². The zero-order chi connectivity index (χ0) is 53.2. The second kappa shape index (κ2) is 25.0. The molecule has 72 heavy (non-hydrogen) atoms. The number of hydrogen-bond acceptors (Lipinski definition) is 20. The van der Waals surface area contributed by atoms with Crippen molar-refractivity contribution in [2.24, 2.45) is 17.4 Å². The van der Waals surface area contributed by atoms with Crippen molar-refractivity contribution < 1.29 is 93.7 Å². The van der Waals surface area contributed by atoms with Crippen LogP contribution in [0.4, 0.5) is 9.59 Å². The zero-order valence-electron chi connectivity index (χ0n) is 41.0. The molecule has 4 heterocycles. The quantitative estimate of drug-likeness (QED) is 0.0132. The minimum atomic E-state index is -5.04. The van der Waals surface area contributed by atoms with Crippen LogP contribution in [0.2, 0.25) is 0 Å². The van der Waals surface area contributed by atoms with E-state index in [1.165, 1.54) is 7.11 Å². The Morgan fingerprint density at radius 2 is 1.69 bits per heavy atom. The summed E-state index contributed by atoms with van der Waals surface area (Å²) >= 11 is 0. The fraction of sp³-hybridized carbons (Fsp3) is 0.767. The van der Waals surface area contributed by atoms with E-state index in [0.29, 0.717) is 32.4 Å². The van der Waals surface area contributed by atoms with E-state index in [0.717, 1.165) is 17.6 Å². The van der Waals surface area contributed by atoms with Crippen molar-refractivity contribution in [3.8, 4) is 0 Å². The van der Waals surface area contributed by atoms with Crippen LogP contribution in [0.5, 0.6) is 0 Å². The van der Waals surface area contributed by atoms with Gasteiger partial charge in [0.2, 0.25) is 11.8 Å². The lowest BCUT2D eigenvalue weighted by atomic mass is 9.66. The number of alkyl carbamates (subject to hydrolysis) is 1. The highest BCUT2D eigenvalue weighted by Gasteiger charge is 2.70. The number of rotatable bonds is 24. The van der Waals surface area contributed by atoms with Gasteiger partial charge in [0.15, 0.2) is 42.3 Å². The Balaban J connectivity index is 1.58. The second-order valence-electron chi connectivity index (χ2n) is 18.2. The predicted octanol–water partition coefficient (Wildman–Crippen LogP) is -1.78. The number of amides is 5. The lowest BCUT2D eigenvalue weighted by molar-refractivity contribution is -0.324. The first-order valence-corrected chi connectivity index (χ1v) is 25.0. The summed E-state index contributed by atoms with van der Waals surface area (Å²) in [4.78, 5) is 98.7. The van der Waals surface area contributed by atoms with Gasteiger partial charge in [0.25, 0.3) is 5.91 Å². The molecule has 3 saturated heterocycles. The first-order chi connectivity index (χ1) is 34.0. The van der Waals surface area contributed by atoms with Gasteiger partial charge in [-0.05, 0) is 31.6 Å². The smallest absolute Gasteiger partial charge is 0.408 e. The van der Waals surface area contributed by atoms with Gasteiger partial charge >= 0.3 is 34.5 Å². The van der Waals surface area contributed by atoms with Gasteiger partial charge in [0.1, 0.15) is 36.9 Å². The summed E-state index contributed by atoms with van der Waals surface area (Å²) in [7, 11) is -2.67. The van der Waals surface area contributed by atoms with Crippen LogP contribution in [-0.2, 0) is 76.4 Å². The Morgan fingerprint density at radius 1 is 1.03 bits per heavy atom. The average molecular weight is 1050 g/mol. The average Bonchev–Trinajstić information content (AvgIpc) is 3.91. The zero-order valence-corrected chi connectivity index (χ0v) is 41.8. The van der Waals surface area contributed by atoms with Crippen molar-refractivity contribution in [2.45, 2.75) is 158 Å². The second-order valence-corrected chi connectivity index (χ2v) is 19.2. The third kappa shape index (κ3) is 13.6. The summed E-state index contributed by atoms with van der Waals surface area (Å²) in [6.45, 7) is 6.14. The van der Waals surface area contributed by atoms with Gasteiger partial charge in [-0.3, -0.25) is 33.9 Å². The molecule has 1 spiro atoms. The molecule has 0 aromatic rings. The van der Waals surface area contributed by atoms with E-state index in [1.807, 2.05) is 6.08 Å². The topological polar surface area (TPSA) is 396 Å². The fourth-order valence-corrected chi connectivity index (χ4v) is 9.93. The number of piperidine rings is 1. The number of nitrogens with one attached hydrogen (secondary N) is 4. The van der Waals surface area contributed by atoms with Crippen molar-refractivity contribution in [1.82, 2.24) is 25.8 Å². The molecule has 1 aliphatic carbocycles. The van der Waals surface area contributed by atoms with Crippen LogP contribution in [0.15, 0.2) is 11.6 Å². The van der Waals surface area contributed by atoms with Crippen LogP contribution in [0.3, 0.4) is 0 Å². The molecule has 28 nitrogen and oxygen atoms in total. The summed E-state index contributed by atoms with van der Waals surface area (Å²) in [6.07, 6.45) is -12.7. The largest absolute Gasteiger partial charge is 0.455 e. The minimum Gasteiger partial charge on any atom is -0.455 e. The number of aliphatic hydroxyl groups excluding tert-OH is 1. The summed E-state index contributed by atoms with van der Waals surface area (Å²) in [5, 5.41) is 28.2. The highest BCUT2D eigenvalue weighted by atomic mass is 32.3. The predicted molar refractivity (Wildman–Crippen MR) is 244 cm³/mol. The maximum atomic E-state index is 15.4. The molecule has 5 rings (SSSR count). The van der Waals surface area contributed by atoms with Gasteiger partial charge < -0.3 is 80.2 Å². The number of carbonyl (C=O) groups excluding carboxylic acids is 7. The van der Waals surface area contributed by atoms with E-state index in [9.17, 15) is 46.8 Å². The molecule has 5 aliphatic rings. The van der Waals surface area contributed by atoms with Crippen molar-refractivity contribution in [3.05, 3.63) is 11.6 Å². The van der Waals surface area contributed by atoms with E-state index in [4.69, 9.17) is 54.8 Å². The Morgan fingerprint density at radius 3 is 2.26 bits per heavy atom. The molecule has 4 fully saturated rings. The number of aliphatic hydroxyl groups is 1. The third-order valence-electron chi connectivity index (χ3n) is 13.2. The maximum absolute atomic E-state index is 15.4. The summed E-state index contributed by atoms with van der Waals surface area (Å²) in [5.74, 6) is -5.22. The van der Waals surface area contributed by atoms with E-state index < -0.39 is 144 Å². The molecule has 2 bridgehead atoms. The number of ether oxygens (including phenoxy) is 8. The molecule has 0 radical (unpaired) electrons. The van der Waals surface area contributed by atoms with E-state index in [1.54, 1.807) is 32.6 Å². The summed E-state index contributed by atoms with van der Waals surface area (Å²) in [6, 6.07) is -6.20. The van der Waals surface area contributed by atoms with Crippen molar-refractivity contribution >= 4 is 58.2 Å². The minimum absolute atomic E-state index is 0.000320. The molecule has 0 aromatic carbocycles. The number of primary amides is 1. The number of nitrogens with two attached hydrogens (primary N) is 2. The van der Waals surface area contributed by atoms with Gasteiger partial charge in [-0.2, -0.15) is 8.42 Å². The molecule has 4 aliphatic heterocycles. The molecule has 406 valence electrons. The highest BCUT2D eigenvalue weighted by molar-refractivity contribution is 7.80. The van der Waals surface area contributed by atoms with Crippen LogP contribution in [-0.4, -0.2) is 202 Å². The monoisotopic (exact) mass is 1050 g/mol. The van der Waals surface area contributed by atoms with E-state index in [2.05, 4.69) is 20.1 Å². The molecular weight excluding hydrogens is 981 g/mol. The summed E-state index contributed by atoms with van der Waals surface area (Å²) < 4.78 is 82.8. The van der Waals surface area contributed by atoms with Crippen molar-refractivity contribution in [2.75, 3.05) is 47.1 Å². The first kappa shape index (κ1) is 57.5. The molecule has 10 N–H and O–H groups in total. The number of methoxy groups -OCH3 is 2. The van der Waals surface area contributed by atoms with E-state index in [-0.39, 0.29) is 51.2 Å². The first-order valence-electron chi connectivity index (χ1n) is 23.7. The van der Waals surface area contributed by atoms with Crippen LogP contribution in [0.1, 0.15) is 79.1 Å². The molecule has 29 heteroatoms. The Labute approximate surface area is 416 Å². The highest BCUT2D eigenvalue weighted by Crippen LogP contribution is 2.48. The number of hydrogen-bond donors (Lipinski definition) is 8. The molecule has 0 aromatic heterocycles. The SMILES string of the molecule is CCCC(=O)OC1C(COC)OC(OC2CC3C(O)C4(C2)OC(=O)NC4C(C(=O)NCCC2=CCN(C(=N)N)C2)N3C(=O)C(NC(=O)C(COS(=O)(=O)O)OC)C(C)CC)C(OC(=O)CCC)C1OC(N)=O. The lowest BCUT2D eigenvalue weighted by Crippen LogP contribution is -2.80. The van der Waals surface area contributed by atoms with Crippen LogP contribution in [0, 0.1) is 11.3 Å². The number of likely N-dealkylation sites (tertiary alicyclic amines) is 1.